The molecule has 4 amide bonds. The molecule has 0 saturated carbocycles. The van der Waals surface area contributed by atoms with Crippen LogP contribution in [0.3, 0.4) is 0 Å². The van der Waals surface area contributed by atoms with E-state index in [1.807, 2.05) is 0 Å². The Morgan fingerprint density at radius 3 is 2.29 bits per heavy atom. The normalized spacial score (nSPS) is 11.9. The second-order valence-electron chi connectivity index (χ2n) is 8.28. The second kappa shape index (κ2) is 15.7. The lowest BCUT2D eigenvalue weighted by molar-refractivity contribution is -0.132. The van der Waals surface area contributed by atoms with Gasteiger partial charge in [-0.25, -0.2) is 4.79 Å². The SMILES string of the molecule is C=C(CBr)OCCCCCC(=O)NCC(=O)N[C@@H](CCCNC(N)=O)C(=O)C(C)(C)C. The summed E-state index contributed by atoms with van der Waals surface area (Å²) in [6.07, 6.45) is 3.50. The van der Waals surface area contributed by atoms with Crippen LogP contribution in [-0.2, 0) is 19.1 Å². The first-order chi connectivity index (χ1) is 14.5. The predicted octanol–water partition coefficient (Wildman–Crippen LogP) is 2.14. The monoisotopic (exact) mass is 504 g/mol. The Hall–Kier alpha value is -2.10. The Kier molecular flexibility index (Phi) is 14.6. The third-order valence-electron chi connectivity index (χ3n) is 4.31. The molecule has 5 N–H and O–H groups in total. The smallest absolute Gasteiger partial charge is 0.312 e. The molecular formula is C21H37BrN4O5. The highest BCUT2D eigenvalue weighted by Crippen LogP contribution is 2.19. The van der Waals surface area contributed by atoms with Gasteiger partial charge in [-0.2, -0.15) is 0 Å². The fourth-order valence-electron chi connectivity index (χ4n) is 2.64. The first-order valence-corrected chi connectivity index (χ1v) is 11.6. The number of nitrogens with one attached hydrogen (secondary N) is 3. The molecule has 0 aromatic carbocycles. The minimum atomic E-state index is -0.701. The van der Waals surface area contributed by atoms with Crippen molar-refractivity contribution in [1.29, 1.82) is 0 Å². The summed E-state index contributed by atoms with van der Waals surface area (Å²) in [5.74, 6) is -0.0852. The summed E-state index contributed by atoms with van der Waals surface area (Å²) >= 11 is 3.25. The van der Waals surface area contributed by atoms with Crippen molar-refractivity contribution in [3.05, 3.63) is 12.3 Å². The predicted molar refractivity (Wildman–Crippen MR) is 124 cm³/mol. The number of primary amides is 1. The van der Waals surface area contributed by atoms with Gasteiger partial charge < -0.3 is 26.4 Å². The van der Waals surface area contributed by atoms with Gasteiger partial charge in [0.2, 0.25) is 11.8 Å². The zero-order chi connectivity index (χ0) is 23.9. The number of Topliss-reactive ketones (excluding diaryl/α,β-unsaturated/α-hetero) is 1. The van der Waals surface area contributed by atoms with Gasteiger partial charge in [0.05, 0.1) is 30.3 Å². The van der Waals surface area contributed by atoms with Crippen LogP contribution in [-0.4, -0.2) is 54.7 Å². The number of alkyl halides is 1. The zero-order valence-electron chi connectivity index (χ0n) is 18.9. The van der Waals surface area contributed by atoms with Gasteiger partial charge in [0.15, 0.2) is 5.78 Å². The van der Waals surface area contributed by atoms with E-state index in [9.17, 15) is 19.2 Å². The summed E-state index contributed by atoms with van der Waals surface area (Å²) in [5, 5.41) is 8.33. The molecule has 1 atom stereocenters. The highest BCUT2D eigenvalue weighted by atomic mass is 79.9. The molecule has 0 aliphatic heterocycles. The van der Waals surface area contributed by atoms with Gasteiger partial charge in [-0.3, -0.25) is 14.4 Å². The lowest BCUT2D eigenvalue weighted by Gasteiger charge is -2.25. The van der Waals surface area contributed by atoms with E-state index >= 15 is 0 Å². The van der Waals surface area contributed by atoms with Crippen LogP contribution in [0.15, 0.2) is 12.3 Å². The van der Waals surface area contributed by atoms with Crippen LogP contribution in [0, 0.1) is 5.41 Å². The molecule has 9 nitrogen and oxygen atoms in total. The van der Waals surface area contributed by atoms with Gasteiger partial charge in [-0.1, -0.05) is 43.3 Å². The van der Waals surface area contributed by atoms with E-state index in [4.69, 9.17) is 10.5 Å². The fourth-order valence-corrected chi connectivity index (χ4v) is 2.80. The number of ketones is 1. The lowest BCUT2D eigenvalue weighted by atomic mass is 9.85. The zero-order valence-corrected chi connectivity index (χ0v) is 20.4. The summed E-state index contributed by atoms with van der Waals surface area (Å²) in [4.78, 5) is 47.5. The van der Waals surface area contributed by atoms with Crippen molar-refractivity contribution in [2.24, 2.45) is 11.1 Å². The van der Waals surface area contributed by atoms with Crippen LogP contribution in [0.25, 0.3) is 0 Å². The molecule has 0 fully saturated rings. The minimum Gasteiger partial charge on any atom is -0.498 e. The average molecular weight is 505 g/mol. The molecule has 0 bridgehead atoms. The number of hydrogen-bond donors (Lipinski definition) is 4. The molecule has 0 aliphatic rings. The minimum absolute atomic E-state index is 0.115. The maximum atomic E-state index is 12.6. The maximum Gasteiger partial charge on any atom is 0.312 e. The van der Waals surface area contributed by atoms with E-state index in [0.717, 1.165) is 12.8 Å². The van der Waals surface area contributed by atoms with Gasteiger partial charge in [-0.15, -0.1) is 0 Å². The van der Waals surface area contributed by atoms with Crippen LogP contribution in [0.4, 0.5) is 4.79 Å². The number of urea groups is 1. The number of halogens is 1. The first-order valence-electron chi connectivity index (χ1n) is 10.5. The first kappa shape index (κ1) is 28.9. The number of unbranched alkanes of at least 4 members (excludes halogenated alkanes) is 2. The number of allylic oxidation sites excluding steroid dienone is 1. The molecule has 178 valence electrons. The Bertz CT molecular complexity index is 619. The number of carbonyl (C=O) groups is 4. The Labute approximate surface area is 193 Å². The van der Waals surface area contributed by atoms with Crippen LogP contribution in [0.5, 0.6) is 0 Å². The standard InChI is InChI=1S/C21H37BrN4O5/c1-15(13-22)31-12-7-5-6-10-17(27)25-14-18(28)26-16(19(29)21(2,3)4)9-8-11-24-20(23)30/h16H,1,5-14H2,2-4H3,(H,25,27)(H,26,28)(H3,23,24,30)/t16-/m0/s1. The molecule has 10 heteroatoms. The van der Waals surface area contributed by atoms with E-state index < -0.39 is 23.4 Å². The Balaban J connectivity index is 4.29. The molecule has 0 heterocycles. The summed E-state index contributed by atoms with van der Waals surface area (Å²) in [6, 6.07) is -1.34. The largest absolute Gasteiger partial charge is 0.498 e. The summed E-state index contributed by atoms with van der Waals surface area (Å²) in [7, 11) is 0. The molecule has 0 aromatic rings. The molecule has 0 spiro atoms. The van der Waals surface area contributed by atoms with Crippen LogP contribution >= 0.6 is 15.9 Å². The highest BCUT2D eigenvalue weighted by Gasteiger charge is 2.30. The van der Waals surface area contributed by atoms with Crippen molar-refractivity contribution in [3.63, 3.8) is 0 Å². The molecule has 0 aromatic heterocycles. The van der Waals surface area contributed by atoms with E-state index in [2.05, 4.69) is 38.5 Å². The lowest BCUT2D eigenvalue weighted by Crippen LogP contribution is -2.49. The van der Waals surface area contributed by atoms with Crippen molar-refractivity contribution < 1.29 is 23.9 Å². The fraction of sp³-hybridized carbons (Fsp3) is 0.714. The van der Waals surface area contributed by atoms with Gasteiger partial charge in [0.25, 0.3) is 0 Å². The molecular weight excluding hydrogens is 468 g/mol. The van der Waals surface area contributed by atoms with Gasteiger partial charge in [-0.05, 0) is 32.1 Å². The van der Waals surface area contributed by atoms with Crippen LogP contribution < -0.4 is 21.7 Å². The van der Waals surface area contributed by atoms with Crippen LogP contribution in [0.1, 0.15) is 59.3 Å². The summed E-state index contributed by atoms with van der Waals surface area (Å²) in [5.41, 5.74) is 4.39. The van der Waals surface area contributed by atoms with Crippen molar-refractivity contribution in [1.82, 2.24) is 16.0 Å². The molecule has 0 saturated heterocycles. The second-order valence-corrected chi connectivity index (χ2v) is 8.84. The van der Waals surface area contributed by atoms with Gasteiger partial charge in [0.1, 0.15) is 0 Å². The molecule has 0 aliphatic carbocycles. The number of hydrogen-bond acceptors (Lipinski definition) is 5. The Morgan fingerprint density at radius 1 is 1.03 bits per heavy atom. The highest BCUT2D eigenvalue weighted by molar-refractivity contribution is 9.09. The van der Waals surface area contributed by atoms with Gasteiger partial charge in [0, 0.05) is 18.4 Å². The molecule has 0 rings (SSSR count). The topological polar surface area (TPSA) is 140 Å². The number of amides is 4. The number of ether oxygens (including phenoxy) is 1. The van der Waals surface area contributed by atoms with Crippen molar-refractivity contribution in [2.75, 3.05) is 25.0 Å². The van der Waals surface area contributed by atoms with Crippen molar-refractivity contribution in [2.45, 2.75) is 65.3 Å². The molecule has 0 unspecified atom stereocenters. The average Bonchev–Trinajstić information content (AvgIpc) is 2.69. The Morgan fingerprint density at radius 2 is 1.71 bits per heavy atom. The van der Waals surface area contributed by atoms with Gasteiger partial charge >= 0.3 is 6.03 Å². The van der Waals surface area contributed by atoms with Crippen LogP contribution in [0.2, 0.25) is 0 Å². The number of rotatable bonds is 16. The van der Waals surface area contributed by atoms with Crippen molar-refractivity contribution >= 4 is 39.6 Å². The molecule has 0 radical (unpaired) electrons. The van der Waals surface area contributed by atoms with E-state index in [1.54, 1.807) is 20.8 Å². The third kappa shape index (κ3) is 15.4. The number of nitrogens with two attached hydrogens (primary N) is 1. The maximum absolute atomic E-state index is 12.6. The third-order valence-corrected chi connectivity index (χ3v) is 4.93. The van der Waals surface area contributed by atoms with E-state index in [1.165, 1.54) is 0 Å². The molecule has 31 heavy (non-hydrogen) atoms. The van der Waals surface area contributed by atoms with E-state index in [-0.39, 0.29) is 18.2 Å². The number of carbonyl (C=O) groups excluding carboxylic acids is 4. The quantitative estimate of drug-likeness (QED) is 0.145. The summed E-state index contributed by atoms with van der Waals surface area (Å²) < 4.78 is 5.35. The van der Waals surface area contributed by atoms with E-state index in [0.29, 0.717) is 49.9 Å². The summed E-state index contributed by atoms with van der Waals surface area (Å²) in [6.45, 7) is 9.73. The van der Waals surface area contributed by atoms with Crippen molar-refractivity contribution in [3.8, 4) is 0 Å².